The minimum atomic E-state index is 0.280. The molecule has 214 valence electrons. The molecule has 0 saturated carbocycles. The molecular formula is C40H34N2OS+2. The first-order valence-electron chi connectivity index (χ1n) is 15.6. The minimum Gasteiger partial charge on any atom is -0.454 e. The number of allylic oxidation sites excluding steroid dienone is 1. The van der Waals surface area contributed by atoms with Gasteiger partial charge in [0.1, 0.15) is 11.2 Å². The molecule has 0 amide bonds. The standard InChI is InChI=1S/C40H34N2OS/c1-23-19-36-38-27(13-15-32-31-16-17-37-33(21-26(4)44-37)39(31)43-40(32)38)12-14-30-28-9-5-6-10-29(28)34-11-7-8-18-41(34)35(30)20-25(3)42(36)22-24(23)2/h5-11,13,15-19,21-22,30,35H,3,12,14,20H2,1-2,4H3/q+2. The predicted octanol–water partition coefficient (Wildman–Crippen LogP) is 9.78. The average Bonchev–Trinajstić information content (AvgIpc) is 3.61. The molecule has 9 rings (SSSR count). The fraction of sp³-hybridized carbons (Fsp3) is 0.200. The Balaban J connectivity index is 1.32. The predicted molar refractivity (Wildman–Crippen MR) is 181 cm³/mol. The molecule has 4 aromatic heterocycles. The Morgan fingerprint density at radius 3 is 2.55 bits per heavy atom. The Morgan fingerprint density at radius 1 is 0.818 bits per heavy atom. The smallest absolute Gasteiger partial charge is 0.222 e. The maximum atomic E-state index is 6.98. The van der Waals surface area contributed by atoms with Crippen LogP contribution in [0, 0.1) is 20.8 Å². The maximum Gasteiger partial charge on any atom is 0.222 e. The fourth-order valence-corrected chi connectivity index (χ4v) is 8.86. The zero-order valence-electron chi connectivity index (χ0n) is 25.4. The summed E-state index contributed by atoms with van der Waals surface area (Å²) in [7, 11) is 0. The molecule has 2 aliphatic heterocycles. The third-order valence-corrected chi connectivity index (χ3v) is 11.2. The van der Waals surface area contributed by atoms with Crippen LogP contribution in [0.25, 0.3) is 60.2 Å². The number of pyridine rings is 2. The van der Waals surface area contributed by atoms with Crippen molar-refractivity contribution in [2.45, 2.75) is 52.0 Å². The van der Waals surface area contributed by atoms with Gasteiger partial charge in [0.25, 0.3) is 0 Å². The van der Waals surface area contributed by atoms with Crippen molar-refractivity contribution in [3.63, 3.8) is 0 Å². The molecule has 7 aromatic rings. The van der Waals surface area contributed by atoms with Gasteiger partial charge in [-0.1, -0.05) is 30.3 Å². The van der Waals surface area contributed by atoms with E-state index in [0.29, 0.717) is 5.92 Å². The molecule has 0 saturated heterocycles. The molecule has 3 aromatic carbocycles. The van der Waals surface area contributed by atoms with Crippen LogP contribution in [0.15, 0.2) is 102 Å². The summed E-state index contributed by atoms with van der Waals surface area (Å²) in [5, 5.41) is 3.58. The van der Waals surface area contributed by atoms with E-state index < -0.39 is 0 Å². The van der Waals surface area contributed by atoms with Crippen LogP contribution in [-0.4, -0.2) is 0 Å². The fourth-order valence-electron chi connectivity index (χ4n) is 7.94. The highest BCUT2D eigenvalue weighted by Crippen LogP contribution is 2.46. The third-order valence-electron chi connectivity index (χ3n) is 10.2. The molecule has 2 atom stereocenters. The van der Waals surface area contributed by atoms with Crippen LogP contribution in [0.4, 0.5) is 0 Å². The van der Waals surface area contributed by atoms with Gasteiger partial charge in [0, 0.05) is 61.0 Å². The molecule has 44 heavy (non-hydrogen) atoms. The van der Waals surface area contributed by atoms with Gasteiger partial charge < -0.3 is 4.42 Å². The number of aryl methyl sites for hydroxylation is 4. The van der Waals surface area contributed by atoms with Crippen LogP contribution >= 0.6 is 11.3 Å². The van der Waals surface area contributed by atoms with Gasteiger partial charge >= 0.3 is 0 Å². The normalized spacial score (nSPS) is 17.7. The van der Waals surface area contributed by atoms with E-state index in [2.05, 4.69) is 121 Å². The van der Waals surface area contributed by atoms with Crippen LogP contribution in [-0.2, 0) is 6.42 Å². The molecule has 0 N–H and O–H groups in total. The molecule has 3 nitrogen and oxygen atoms in total. The van der Waals surface area contributed by atoms with Gasteiger partial charge in [-0.3, -0.25) is 0 Å². The highest BCUT2D eigenvalue weighted by Gasteiger charge is 2.42. The molecule has 4 heteroatoms. The monoisotopic (exact) mass is 590 g/mol. The Kier molecular flexibility index (Phi) is 5.58. The van der Waals surface area contributed by atoms with Crippen molar-refractivity contribution in [1.82, 2.24) is 0 Å². The van der Waals surface area contributed by atoms with Crippen molar-refractivity contribution in [1.29, 1.82) is 0 Å². The number of thiophene rings is 1. The van der Waals surface area contributed by atoms with Crippen molar-refractivity contribution in [2.24, 2.45) is 0 Å². The average molecular weight is 591 g/mol. The zero-order valence-corrected chi connectivity index (χ0v) is 26.2. The number of nitrogens with zero attached hydrogens (tertiary/aromatic N) is 2. The largest absolute Gasteiger partial charge is 0.454 e. The summed E-state index contributed by atoms with van der Waals surface area (Å²) in [6.07, 6.45) is 7.44. The second kappa shape index (κ2) is 9.48. The summed E-state index contributed by atoms with van der Waals surface area (Å²) < 4.78 is 13.1. The van der Waals surface area contributed by atoms with E-state index in [9.17, 15) is 0 Å². The number of benzene rings is 3. The molecule has 6 heterocycles. The van der Waals surface area contributed by atoms with E-state index in [-0.39, 0.29) is 6.04 Å². The number of fused-ring (bicyclic) bond motifs is 15. The van der Waals surface area contributed by atoms with Crippen LogP contribution < -0.4 is 9.13 Å². The second-order valence-corrected chi connectivity index (χ2v) is 14.0. The Morgan fingerprint density at radius 2 is 1.64 bits per heavy atom. The van der Waals surface area contributed by atoms with E-state index in [1.165, 1.54) is 70.5 Å². The molecule has 0 bridgehead atoms. The van der Waals surface area contributed by atoms with Gasteiger partial charge in [-0.15, -0.1) is 11.3 Å². The van der Waals surface area contributed by atoms with Crippen molar-refractivity contribution in [3.8, 4) is 22.5 Å². The van der Waals surface area contributed by atoms with Gasteiger partial charge in [-0.05, 0) is 87.2 Å². The number of aromatic nitrogens is 2. The summed E-state index contributed by atoms with van der Waals surface area (Å²) >= 11 is 1.83. The molecule has 0 radical (unpaired) electrons. The topological polar surface area (TPSA) is 20.9 Å². The lowest BCUT2D eigenvalue weighted by atomic mass is 9.77. The second-order valence-electron chi connectivity index (χ2n) is 12.7. The minimum absolute atomic E-state index is 0.280. The highest BCUT2D eigenvalue weighted by atomic mass is 32.1. The molecule has 0 aliphatic carbocycles. The van der Waals surface area contributed by atoms with Crippen molar-refractivity contribution < 1.29 is 13.6 Å². The number of furan rings is 1. The summed E-state index contributed by atoms with van der Waals surface area (Å²) in [6, 6.07) is 29.7. The molecule has 2 aliphatic rings. The van der Waals surface area contributed by atoms with Crippen LogP contribution in [0.5, 0.6) is 0 Å². The van der Waals surface area contributed by atoms with Gasteiger partial charge in [-0.25, -0.2) is 0 Å². The van der Waals surface area contributed by atoms with Gasteiger partial charge in [-0.2, -0.15) is 9.13 Å². The SMILES string of the molecule is C=C1CC2C(CCc3ccc4c(oc5c6cc(C)sc6ccc45)c3-c3cc(C)c(C)c[n+]31)c1ccccc1-c1cccc[n+]12. The summed E-state index contributed by atoms with van der Waals surface area (Å²) in [5.74, 6) is 0.365. The van der Waals surface area contributed by atoms with E-state index in [0.717, 1.165) is 36.1 Å². The molecular weight excluding hydrogens is 557 g/mol. The van der Waals surface area contributed by atoms with E-state index >= 15 is 0 Å². The zero-order chi connectivity index (χ0) is 29.7. The summed E-state index contributed by atoms with van der Waals surface area (Å²) in [4.78, 5) is 1.31. The van der Waals surface area contributed by atoms with Gasteiger partial charge in [0.05, 0.1) is 12.0 Å². The van der Waals surface area contributed by atoms with Gasteiger partial charge in [0.15, 0.2) is 24.1 Å². The van der Waals surface area contributed by atoms with E-state index in [4.69, 9.17) is 11.0 Å². The van der Waals surface area contributed by atoms with Crippen LogP contribution in [0.3, 0.4) is 0 Å². The van der Waals surface area contributed by atoms with Crippen molar-refractivity contribution in [3.05, 3.63) is 125 Å². The van der Waals surface area contributed by atoms with E-state index in [1.54, 1.807) is 0 Å². The van der Waals surface area contributed by atoms with Crippen LogP contribution in [0.1, 0.15) is 51.9 Å². The Labute approximate surface area is 261 Å². The Bertz CT molecular complexity index is 2340. The lowest BCUT2D eigenvalue weighted by Crippen LogP contribution is -2.49. The van der Waals surface area contributed by atoms with Crippen LogP contribution in [0.2, 0.25) is 0 Å². The first-order chi connectivity index (χ1) is 21.5. The highest BCUT2D eigenvalue weighted by molar-refractivity contribution is 7.19. The van der Waals surface area contributed by atoms with E-state index in [1.807, 2.05) is 11.3 Å². The lowest BCUT2D eigenvalue weighted by Gasteiger charge is -2.31. The molecule has 2 unspecified atom stereocenters. The lowest BCUT2D eigenvalue weighted by molar-refractivity contribution is -0.720. The molecule has 0 spiro atoms. The summed E-state index contributed by atoms with van der Waals surface area (Å²) in [5.41, 5.74) is 13.4. The maximum absolute atomic E-state index is 6.98. The molecule has 0 fully saturated rings. The van der Waals surface area contributed by atoms with Crippen molar-refractivity contribution in [2.75, 3.05) is 0 Å². The summed E-state index contributed by atoms with van der Waals surface area (Å²) in [6.45, 7) is 11.4. The third kappa shape index (κ3) is 3.67. The van der Waals surface area contributed by atoms with Gasteiger partial charge in [0.2, 0.25) is 11.4 Å². The van der Waals surface area contributed by atoms with Crippen molar-refractivity contribution >= 4 is 49.1 Å². The number of rotatable bonds is 0. The quantitative estimate of drug-likeness (QED) is 0.161. The Hall–Kier alpha value is -4.54. The number of hydrogen-bond donors (Lipinski definition) is 0. The first-order valence-corrected chi connectivity index (χ1v) is 16.5. The number of hydrogen-bond acceptors (Lipinski definition) is 2. The first kappa shape index (κ1) is 25.9.